The molecule has 0 aliphatic carbocycles. The smallest absolute Gasteiger partial charge is 0.183 e. The van der Waals surface area contributed by atoms with Gasteiger partial charge >= 0.3 is 0 Å². The molecule has 0 aromatic heterocycles. The van der Waals surface area contributed by atoms with Crippen LogP contribution in [0.25, 0.3) is 0 Å². The Hall–Kier alpha value is -2.10. The summed E-state index contributed by atoms with van der Waals surface area (Å²) >= 11 is 0. The molecule has 3 rings (SSSR count). The zero-order valence-corrected chi connectivity index (χ0v) is 19.6. The second-order valence-corrected chi connectivity index (χ2v) is 12.3. The quantitative estimate of drug-likeness (QED) is 0.566. The van der Waals surface area contributed by atoms with Crippen molar-refractivity contribution < 1.29 is 26.3 Å². The van der Waals surface area contributed by atoms with Crippen molar-refractivity contribution in [3.63, 3.8) is 0 Å². The first-order chi connectivity index (χ1) is 14.6. The van der Waals surface area contributed by atoms with Crippen LogP contribution in [0.15, 0.2) is 53.4 Å². The number of ether oxygens (including phenoxy) is 2. The number of benzene rings is 2. The van der Waals surface area contributed by atoms with Crippen molar-refractivity contribution in [2.45, 2.75) is 36.0 Å². The average molecular weight is 468 g/mol. The number of sulfone groups is 2. The number of hydrogen-bond donors (Lipinski definition) is 1. The highest BCUT2D eigenvalue weighted by Crippen LogP contribution is 2.27. The molecule has 2 aromatic rings. The van der Waals surface area contributed by atoms with Gasteiger partial charge in [0.25, 0.3) is 0 Å². The van der Waals surface area contributed by atoms with Crippen molar-refractivity contribution in [1.82, 2.24) is 5.32 Å². The Morgan fingerprint density at radius 1 is 1.00 bits per heavy atom. The Balaban J connectivity index is 1.65. The van der Waals surface area contributed by atoms with Crippen molar-refractivity contribution >= 4 is 19.7 Å². The molecule has 2 atom stereocenters. The van der Waals surface area contributed by atoms with E-state index in [1.165, 1.54) is 0 Å². The number of rotatable bonds is 9. The maximum absolute atomic E-state index is 13.2. The summed E-state index contributed by atoms with van der Waals surface area (Å²) in [5.41, 5.74) is 1.03. The van der Waals surface area contributed by atoms with Gasteiger partial charge in [0, 0.05) is 12.6 Å². The largest absolute Gasteiger partial charge is 0.497 e. The van der Waals surface area contributed by atoms with Crippen molar-refractivity contribution in [1.29, 1.82) is 0 Å². The van der Waals surface area contributed by atoms with Gasteiger partial charge < -0.3 is 14.8 Å². The lowest BCUT2D eigenvalue weighted by molar-refractivity contribution is 0.307. The molecule has 1 fully saturated rings. The molecule has 1 N–H and O–H groups in total. The van der Waals surface area contributed by atoms with Crippen LogP contribution >= 0.6 is 0 Å². The fourth-order valence-electron chi connectivity index (χ4n) is 3.61. The van der Waals surface area contributed by atoms with Crippen LogP contribution in [0.4, 0.5) is 0 Å². The molecule has 0 spiro atoms. The molecule has 0 unspecified atom stereocenters. The summed E-state index contributed by atoms with van der Waals surface area (Å²) < 4.78 is 61.6. The summed E-state index contributed by atoms with van der Waals surface area (Å²) in [7, 11) is -5.66. The molecule has 1 heterocycles. The number of hydrogen-bond acceptors (Lipinski definition) is 7. The van der Waals surface area contributed by atoms with Crippen LogP contribution in [0.2, 0.25) is 0 Å². The van der Waals surface area contributed by atoms with Gasteiger partial charge in [0.15, 0.2) is 19.7 Å². The predicted molar refractivity (Wildman–Crippen MR) is 120 cm³/mol. The molecule has 31 heavy (non-hydrogen) atoms. The summed E-state index contributed by atoms with van der Waals surface area (Å²) in [4.78, 5) is 0.153. The fraction of sp³-hybridized carbons (Fsp3) is 0.455. The van der Waals surface area contributed by atoms with Crippen LogP contribution in [0, 0.1) is 0 Å². The van der Waals surface area contributed by atoms with Gasteiger partial charge in [-0.3, -0.25) is 0 Å². The molecule has 0 radical (unpaired) electrons. The van der Waals surface area contributed by atoms with Crippen LogP contribution < -0.4 is 14.8 Å². The van der Waals surface area contributed by atoms with E-state index in [0.29, 0.717) is 12.3 Å². The van der Waals surface area contributed by atoms with Gasteiger partial charge in [0.1, 0.15) is 18.1 Å². The normalized spacial score (nSPS) is 20.6. The van der Waals surface area contributed by atoms with Gasteiger partial charge in [-0.05, 0) is 47.9 Å². The lowest BCUT2D eigenvalue weighted by Crippen LogP contribution is -2.44. The summed E-state index contributed by atoms with van der Waals surface area (Å²) in [5, 5.41) is 2.05. The standard InChI is InChI=1S/C22H29NO6S2/c1-16(2)17-4-10-20(11-5-17)31(26,27)22-15-30(24,25)14-21(22)23-12-13-29-19-8-6-18(28-3)7-9-19/h4-11,16,21-23H,12-15H2,1-3H3/t21-,22-/m0/s1. The molecule has 1 aliphatic heterocycles. The number of methoxy groups -OCH3 is 1. The Morgan fingerprint density at radius 2 is 1.61 bits per heavy atom. The van der Waals surface area contributed by atoms with E-state index in [0.717, 1.165) is 11.3 Å². The molecule has 0 saturated carbocycles. The zero-order valence-electron chi connectivity index (χ0n) is 17.9. The summed E-state index contributed by atoms with van der Waals surface area (Å²) in [6.45, 7) is 4.66. The van der Waals surface area contributed by atoms with E-state index in [2.05, 4.69) is 5.32 Å². The molecule has 0 bridgehead atoms. The number of nitrogens with one attached hydrogen (secondary N) is 1. The van der Waals surface area contributed by atoms with Crippen LogP contribution in [0.1, 0.15) is 25.3 Å². The minimum absolute atomic E-state index is 0.153. The summed E-state index contributed by atoms with van der Waals surface area (Å²) in [5.74, 6) is 1.07. The molecule has 2 aromatic carbocycles. The van der Waals surface area contributed by atoms with Crippen molar-refractivity contribution in [2.75, 3.05) is 31.8 Å². The van der Waals surface area contributed by atoms with Gasteiger partial charge in [-0.15, -0.1) is 0 Å². The van der Waals surface area contributed by atoms with Gasteiger partial charge in [-0.2, -0.15) is 0 Å². The minimum atomic E-state index is -3.79. The van der Waals surface area contributed by atoms with E-state index in [-0.39, 0.29) is 28.9 Å². The van der Waals surface area contributed by atoms with Gasteiger partial charge in [-0.25, -0.2) is 16.8 Å². The molecule has 1 aliphatic rings. The molecule has 170 valence electrons. The average Bonchev–Trinajstić information content (AvgIpc) is 3.07. The minimum Gasteiger partial charge on any atom is -0.497 e. The fourth-order valence-corrected chi connectivity index (χ4v) is 8.33. The molecule has 1 saturated heterocycles. The highest BCUT2D eigenvalue weighted by atomic mass is 32.2. The summed E-state index contributed by atoms with van der Waals surface area (Å²) in [6.07, 6.45) is 0. The van der Waals surface area contributed by atoms with Crippen LogP contribution in [-0.4, -0.2) is 59.9 Å². The van der Waals surface area contributed by atoms with E-state index in [4.69, 9.17) is 9.47 Å². The third-order valence-corrected chi connectivity index (χ3v) is 9.58. The highest BCUT2D eigenvalue weighted by Gasteiger charge is 2.45. The zero-order chi connectivity index (χ0) is 22.6. The van der Waals surface area contributed by atoms with Crippen molar-refractivity contribution in [3.8, 4) is 11.5 Å². The van der Waals surface area contributed by atoms with Gasteiger partial charge in [-0.1, -0.05) is 26.0 Å². The van der Waals surface area contributed by atoms with E-state index in [9.17, 15) is 16.8 Å². The van der Waals surface area contributed by atoms with Crippen molar-refractivity contribution in [2.24, 2.45) is 0 Å². The highest BCUT2D eigenvalue weighted by molar-refractivity contribution is 7.96. The predicted octanol–water partition coefficient (Wildman–Crippen LogP) is 2.43. The molecule has 0 amide bonds. The van der Waals surface area contributed by atoms with Crippen LogP contribution in [0.3, 0.4) is 0 Å². The molecular formula is C22H29NO6S2. The maximum atomic E-state index is 13.2. The lowest BCUT2D eigenvalue weighted by atomic mass is 10.0. The van der Waals surface area contributed by atoms with Crippen LogP contribution in [-0.2, 0) is 19.7 Å². The monoisotopic (exact) mass is 467 g/mol. The molecule has 9 heteroatoms. The van der Waals surface area contributed by atoms with Gasteiger partial charge in [0.05, 0.1) is 28.8 Å². The Kier molecular flexibility index (Phi) is 7.28. The molecule has 7 nitrogen and oxygen atoms in total. The van der Waals surface area contributed by atoms with Crippen molar-refractivity contribution in [3.05, 3.63) is 54.1 Å². The molecular weight excluding hydrogens is 438 g/mol. The SMILES string of the molecule is COc1ccc(OCCN[C@H]2CS(=O)(=O)C[C@@H]2S(=O)(=O)c2ccc(C(C)C)cc2)cc1. The van der Waals surface area contributed by atoms with E-state index in [1.807, 2.05) is 13.8 Å². The van der Waals surface area contributed by atoms with E-state index >= 15 is 0 Å². The third kappa shape index (κ3) is 5.78. The topological polar surface area (TPSA) is 98.8 Å². The van der Waals surface area contributed by atoms with E-state index < -0.39 is 31.0 Å². The Bertz CT molecular complexity index is 1080. The first-order valence-electron chi connectivity index (χ1n) is 10.2. The second-order valence-electron chi connectivity index (χ2n) is 7.97. The van der Waals surface area contributed by atoms with E-state index in [1.54, 1.807) is 55.6 Å². The Labute approximate surface area is 184 Å². The first-order valence-corrected chi connectivity index (χ1v) is 13.5. The second kappa shape index (κ2) is 9.58. The maximum Gasteiger partial charge on any atom is 0.183 e. The van der Waals surface area contributed by atoms with Gasteiger partial charge in [0.2, 0.25) is 0 Å². The summed E-state index contributed by atoms with van der Waals surface area (Å²) in [6, 6.07) is 13.1. The first kappa shape index (κ1) is 23.6. The lowest BCUT2D eigenvalue weighted by Gasteiger charge is -2.20. The van der Waals surface area contributed by atoms with Crippen LogP contribution in [0.5, 0.6) is 11.5 Å². The third-order valence-electron chi connectivity index (χ3n) is 5.41. The Morgan fingerprint density at radius 3 is 2.19 bits per heavy atom.